The van der Waals surface area contributed by atoms with E-state index in [4.69, 9.17) is 4.74 Å². The topological polar surface area (TPSA) is 92.2 Å². The first-order valence-corrected chi connectivity index (χ1v) is 6.73. The first-order chi connectivity index (χ1) is 9.21. The third kappa shape index (κ3) is 3.66. The molecule has 0 atom stereocenters. The summed E-state index contributed by atoms with van der Waals surface area (Å²) in [6.07, 6.45) is 2.75. The van der Waals surface area contributed by atoms with Gasteiger partial charge in [0.2, 0.25) is 11.9 Å². The number of ether oxygens (including phenoxy) is 1. The van der Waals surface area contributed by atoms with Gasteiger partial charge in [0.05, 0.1) is 18.8 Å². The largest absolute Gasteiger partial charge is 0.463 e. The molecule has 7 nitrogen and oxygen atoms in total. The van der Waals surface area contributed by atoms with Gasteiger partial charge in [-0.1, -0.05) is 6.92 Å². The molecule has 19 heavy (non-hydrogen) atoms. The number of rotatable bonds is 8. The average Bonchev–Trinajstić information content (AvgIpc) is 3.17. The van der Waals surface area contributed by atoms with E-state index in [0.29, 0.717) is 24.5 Å². The highest BCUT2D eigenvalue weighted by Crippen LogP contribution is 2.37. The maximum Gasteiger partial charge on any atom is 0.323 e. The van der Waals surface area contributed by atoms with Crippen molar-refractivity contribution in [2.75, 3.05) is 30.4 Å². The molecule has 0 aromatic carbocycles. The number of aromatic nitrogens is 3. The highest BCUT2D eigenvalue weighted by atomic mass is 16.5. The molecule has 3 N–H and O–H groups in total. The SMILES string of the molecule is CCCOc1nc(NCC)nc(NC2(CO)CC2)n1. The minimum absolute atomic E-state index is 0.0837. The van der Waals surface area contributed by atoms with Gasteiger partial charge in [-0.3, -0.25) is 0 Å². The Hall–Kier alpha value is -1.63. The molecule has 0 spiro atoms. The zero-order valence-electron chi connectivity index (χ0n) is 11.4. The standard InChI is InChI=1S/C12H21N5O2/c1-3-7-19-11-15-9(13-4-2)14-10(16-11)17-12(8-18)5-6-12/h18H,3-8H2,1-2H3,(H2,13,14,15,16,17). The third-order valence-corrected chi connectivity index (χ3v) is 2.92. The highest BCUT2D eigenvalue weighted by molar-refractivity contribution is 5.40. The predicted octanol–water partition coefficient (Wildman–Crippen LogP) is 1.03. The molecule has 1 saturated carbocycles. The lowest BCUT2D eigenvalue weighted by Gasteiger charge is -2.15. The molecule has 0 bridgehead atoms. The number of aliphatic hydroxyl groups is 1. The van der Waals surface area contributed by atoms with Crippen LogP contribution in [0.4, 0.5) is 11.9 Å². The third-order valence-electron chi connectivity index (χ3n) is 2.92. The smallest absolute Gasteiger partial charge is 0.323 e. The number of hydrogen-bond acceptors (Lipinski definition) is 7. The van der Waals surface area contributed by atoms with E-state index in [-0.39, 0.29) is 12.1 Å². The van der Waals surface area contributed by atoms with Gasteiger partial charge in [-0.25, -0.2) is 0 Å². The summed E-state index contributed by atoms with van der Waals surface area (Å²) in [5.74, 6) is 0.934. The molecule has 1 aliphatic carbocycles. The summed E-state index contributed by atoms with van der Waals surface area (Å²) in [5, 5.41) is 15.5. The molecule has 7 heteroatoms. The van der Waals surface area contributed by atoms with Crippen molar-refractivity contribution < 1.29 is 9.84 Å². The van der Waals surface area contributed by atoms with Crippen molar-refractivity contribution in [3.05, 3.63) is 0 Å². The van der Waals surface area contributed by atoms with Crippen LogP contribution in [-0.2, 0) is 0 Å². The van der Waals surface area contributed by atoms with Crippen molar-refractivity contribution in [2.45, 2.75) is 38.6 Å². The van der Waals surface area contributed by atoms with Crippen molar-refractivity contribution in [1.82, 2.24) is 15.0 Å². The summed E-state index contributed by atoms with van der Waals surface area (Å²) < 4.78 is 5.45. The lowest BCUT2D eigenvalue weighted by atomic mass is 10.3. The summed E-state index contributed by atoms with van der Waals surface area (Å²) in [4.78, 5) is 12.7. The van der Waals surface area contributed by atoms with Crippen molar-refractivity contribution >= 4 is 11.9 Å². The second kappa shape index (κ2) is 6.01. The number of nitrogens with zero attached hydrogens (tertiary/aromatic N) is 3. The first kappa shape index (κ1) is 13.8. The minimum Gasteiger partial charge on any atom is -0.463 e. The minimum atomic E-state index is -0.257. The van der Waals surface area contributed by atoms with Crippen LogP contribution >= 0.6 is 0 Å². The van der Waals surface area contributed by atoms with E-state index < -0.39 is 0 Å². The van der Waals surface area contributed by atoms with Gasteiger partial charge < -0.3 is 20.5 Å². The van der Waals surface area contributed by atoms with Crippen LogP contribution in [0.3, 0.4) is 0 Å². The van der Waals surface area contributed by atoms with Crippen molar-refractivity contribution in [1.29, 1.82) is 0 Å². The Bertz CT molecular complexity index is 423. The van der Waals surface area contributed by atoms with Crippen LogP contribution in [0.2, 0.25) is 0 Å². The summed E-state index contributed by atoms with van der Waals surface area (Å²) in [7, 11) is 0. The quantitative estimate of drug-likeness (QED) is 0.647. The Kier molecular flexibility index (Phi) is 4.36. The molecule has 0 unspecified atom stereocenters. The van der Waals surface area contributed by atoms with E-state index in [1.54, 1.807) is 0 Å². The molecule has 106 valence electrons. The summed E-state index contributed by atoms with van der Waals surface area (Å²) in [6, 6.07) is 0.309. The molecule has 0 saturated heterocycles. The van der Waals surface area contributed by atoms with Crippen LogP contribution in [0, 0.1) is 0 Å². The molecule has 1 aliphatic rings. The Morgan fingerprint density at radius 1 is 1.21 bits per heavy atom. The van der Waals surface area contributed by atoms with Gasteiger partial charge in [-0.05, 0) is 26.2 Å². The zero-order chi connectivity index (χ0) is 13.7. The van der Waals surface area contributed by atoms with Crippen LogP contribution in [0.1, 0.15) is 33.1 Å². The van der Waals surface area contributed by atoms with Gasteiger partial charge in [-0.2, -0.15) is 15.0 Å². The van der Waals surface area contributed by atoms with Gasteiger partial charge >= 0.3 is 6.01 Å². The molecule has 0 amide bonds. The first-order valence-electron chi connectivity index (χ1n) is 6.73. The Labute approximate surface area is 112 Å². The molecule has 1 aromatic heterocycles. The lowest BCUT2D eigenvalue weighted by molar-refractivity contribution is 0.265. The van der Waals surface area contributed by atoms with E-state index in [0.717, 1.165) is 25.8 Å². The number of anilines is 2. The van der Waals surface area contributed by atoms with E-state index in [1.165, 1.54) is 0 Å². The summed E-state index contributed by atoms with van der Waals surface area (Å²) in [6.45, 7) is 5.37. The van der Waals surface area contributed by atoms with Crippen LogP contribution in [0.15, 0.2) is 0 Å². The molecule has 1 fully saturated rings. The lowest BCUT2D eigenvalue weighted by Crippen LogP contribution is -2.27. The van der Waals surface area contributed by atoms with E-state index in [1.807, 2.05) is 13.8 Å². The molecule has 1 aromatic rings. The van der Waals surface area contributed by atoms with Crippen molar-refractivity contribution in [3.63, 3.8) is 0 Å². The van der Waals surface area contributed by atoms with Crippen LogP contribution < -0.4 is 15.4 Å². The molecule has 0 radical (unpaired) electrons. The maximum atomic E-state index is 9.32. The summed E-state index contributed by atoms with van der Waals surface area (Å²) >= 11 is 0. The van der Waals surface area contributed by atoms with E-state index in [9.17, 15) is 5.11 Å². The van der Waals surface area contributed by atoms with Gasteiger partial charge in [0.1, 0.15) is 0 Å². The predicted molar refractivity (Wildman–Crippen MR) is 72.5 cm³/mol. The number of hydrogen-bond donors (Lipinski definition) is 3. The highest BCUT2D eigenvalue weighted by Gasteiger charge is 2.42. The second-order valence-corrected chi connectivity index (χ2v) is 4.71. The van der Waals surface area contributed by atoms with E-state index in [2.05, 4.69) is 25.6 Å². The Morgan fingerprint density at radius 3 is 2.53 bits per heavy atom. The molecule has 0 aliphatic heterocycles. The fourth-order valence-electron chi connectivity index (χ4n) is 1.62. The van der Waals surface area contributed by atoms with Crippen LogP contribution in [0.25, 0.3) is 0 Å². The fraction of sp³-hybridized carbons (Fsp3) is 0.750. The van der Waals surface area contributed by atoms with Crippen LogP contribution in [0.5, 0.6) is 6.01 Å². The second-order valence-electron chi connectivity index (χ2n) is 4.71. The fourth-order valence-corrected chi connectivity index (χ4v) is 1.62. The number of aliphatic hydroxyl groups excluding tert-OH is 1. The average molecular weight is 267 g/mol. The zero-order valence-corrected chi connectivity index (χ0v) is 11.4. The van der Waals surface area contributed by atoms with Crippen molar-refractivity contribution in [2.24, 2.45) is 0 Å². The molecule has 2 rings (SSSR count). The van der Waals surface area contributed by atoms with Crippen LogP contribution in [-0.4, -0.2) is 45.4 Å². The molecular formula is C12H21N5O2. The van der Waals surface area contributed by atoms with E-state index >= 15 is 0 Å². The van der Waals surface area contributed by atoms with Gasteiger partial charge in [-0.15, -0.1) is 0 Å². The Balaban J connectivity index is 2.13. The molecule has 1 heterocycles. The van der Waals surface area contributed by atoms with Crippen molar-refractivity contribution in [3.8, 4) is 6.01 Å². The monoisotopic (exact) mass is 267 g/mol. The van der Waals surface area contributed by atoms with Gasteiger partial charge in [0.25, 0.3) is 0 Å². The Morgan fingerprint density at radius 2 is 1.95 bits per heavy atom. The van der Waals surface area contributed by atoms with Gasteiger partial charge in [0, 0.05) is 6.54 Å². The van der Waals surface area contributed by atoms with Gasteiger partial charge in [0.15, 0.2) is 0 Å². The molecular weight excluding hydrogens is 246 g/mol. The summed E-state index contributed by atoms with van der Waals surface area (Å²) in [5.41, 5.74) is -0.257. The normalized spacial score (nSPS) is 15.9. The maximum absolute atomic E-state index is 9.32. The number of nitrogens with one attached hydrogen (secondary N) is 2.